The second-order valence-corrected chi connectivity index (χ2v) is 6.44. The van der Waals surface area contributed by atoms with Gasteiger partial charge in [-0.3, -0.25) is 4.90 Å². The van der Waals surface area contributed by atoms with E-state index in [1.807, 2.05) is 19.1 Å². The molecule has 0 amide bonds. The second kappa shape index (κ2) is 5.95. The Morgan fingerprint density at radius 2 is 2.22 bits per heavy atom. The highest BCUT2D eigenvalue weighted by Crippen LogP contribution is 2.40. The summed E-state index contributed by atoms with van der Waals surface area (Å²) in [6.07, 6.45) is 2.40. The Balaban J connectivity index is 1.79. The van der Waals surface area contributed by atoms with Gasteiger partial charge >= 0.3 is 0 Å². The van der Waals surface area contributed by atoms with E-state index in [9.17, 15) is 5.11 Å². The number of hydrogen-bond donors (Lipinski definition) is 1. The third-order valence-corrected chi connectivity index (χ3v) is 5.10. The number of fused-ring (bicyclic) bond motifs is 1. The van der Waals surface area contributed by atoms with Gasteiger partial charge in [-0.05, 0) is 12.1 Å². The molecule has 3 aromatic rings. The maximum atomic E-state index is 10.7. The van der Waals surface area contributed by atoms with Gasteiger partial charge in [-0.15, -0.1) is 5.10 Å². The van der Waals surface area contributed by atoms with E-state index in [0.29, 0.717) is 18.2 Å². The van der Waals surface area contributed by atoms with Gasteiger partial charge in [0, 0.05) is 19.5 Å². The average molecular weight is 334 g/mol. The fraction of sp³-hybridized carbons (Fsp3) is 0.467. The molecule has 4 heterocycles. The van der Waals surface area contributed by atoms with E-state index < -0.39 is 0 Å². The lowest BCUT2D eigenvalue weighted by atomic mass is 10.1. The van der Waals surface area contributed by atoms with Crippen LogP contribution in [0.1, 0.15) is 29.4 Å². The van der Waals surface area contributed by atoms with Crippen molar-refractivity contribution in [2.24, 2.45) is 0 Å². The predicted octanol–water partition coefficient (Wildman–Crippen LogP) is 2.07. The summed E-state index contributed by atoms with van der Waals surface area (Å²) in [5, 5.41) is 15.0. The molecule has 0 aliphatic carbocycles. The molecule has 1 saturated heterocycles. The molecule has 1 aliphatic rings. The second-order valence-electron chi connectivity index (χ2n) is 5.43. The fourth-order valence-corrected chi connectivity index (χ4v) is 3.99. The minimum absolute atomic E-state index is 0.144. The number of rotatable bonds is 4. The minimum atomic E-state index is -0.146. The first kappa shape index (κ1) is 14.7. The largest absolute Gasteiger partial charge is 0.492 e. The molecule has 3 aromatic heterocycles. The summed E-state index contributed by atoms with van der Waals surface area (Å²) < 4.78 is 12.6. The van der Waals surface area contributed by atoms with Gasteiger partial charge in [0.15, 0.2) is 5.82 Å². The highest BCUT2D eigenvalue weighted by Gasteiger charge is 2.32. The van der Waals surface area contributed by atoms with E-state index in [1.165, 1.54) is 15.9 Å². The van der Waals surface area contributed by atoms with Crippen molar-refractivity contribution in [3.05, 3.63) is 34.9 Å². The summed E-state index contributed by atoms with van der Waals surface area (Å²) in [5.41, 5.74) is 0. The molecule has 1 atom stereocenters. The first-order valence-corrected chi connectivity index (χ1v) is 8.52. The zero-order valence-electron chi connectivity index (χ0n) is 12.8. The maximum Gasteiger partial charge on any atom is 0.230 e. The van der Waals surface area contributed by atoms with Crippen molar-refractivity contribution in [3.8, 4) is 5.88 Å². The fourth-order valence-electron chi connectivity index (χ4n) is 2.88. The Morgan fingerprint density at radius 1 is 1.39 bits per heavy atom. The normalized spacial score (nSPS) is 17.8. The number of thiazole rings is 1. The van der Waals surface area contributed by atoms with E-state index in [1.54, 1.807) is 6.26 Å². The maximum absolute atomic E-state index is 10.7. The number of furan rings is 1. The highest BCUT2D eigenvalue weighted by molar-refractivity contribution is 7.17. The molecule has 0 spiro atoms. The summed E-state index contributed by atoms with van der Waals surface area (Å²) in [6.45, 7) is 4.94. The molecule has 4 rings (SSSR count). The quantitative estimate of drug-likeness (QED) is 0.787. The number of aryl methyl sites for hydroxylation is 1. The molecule has 1 fully saturated rings. The van der Waals surface area contributed by atoms with Crippen molar-refractivity contribution < 1.29 is 14.3 Å². The number of morpholine rings is 1. The van der Waals surface area contributed by atoms with Crippen LogP contribution in [0.4, 0.5) is 0 Å². The number of aromatic hydroxyl groups is 1. The lowest BCUT2D eigenvalue weighted by molar-refractivity contribution is 0.0203. The van der Waals surface area contributed by atoms with Crippen LogP contribution in [-0.2, 0) is 11.2 Å². The molecular weight excluding hydrogens is 316 g/mol. The number of nitrogens with zero attached hydrogens (tertiary/aromatic N) is 4. The summed E-state index contributed by atoms with van der Waals surface area (Å²) in [5.74, 6) is 1.69. The Labute approximate surface area is 137 Å². The van der Waals surface area contributed by atoms with E-state index in [-0.39, 0.29) is 11.9 Å². The Morgan fingerprint density at radius 3 is 2.87 bits per heavy atom. The number of hydrogen-bond acceptors (Lipinski definition) is 7. The van der Waals surface area contributed by atoms with Crippen molar-refractivity contribution >= 4 is 16.3 Å². The molecule has 1 N–H and O–H groups in total. The third kappa shape index (κ3) is 2.52. The minimum Gasteiger partial charge on any atom is -0.492 e. The first-order valence-electron chi connectivity index (χ1n) is 7.70. The van der Waals surface area contributed by atoms with Gasteiger partial charge < -0.3 is 14.3 Å². The summed E-state index contributed by atoms with van der Waals surface area (Å²) >= 11 is 1.46. The summed E-state index contributed by atoms with van der Waals surface area (Å²) in [7, 11) is 0. The van der Waals surface area contributed by atoms with Crippen LogP contribution < -0.4 is 0 Å². The van der Waals surface area contributed by atoms with Gasteiger partial charge in [0.25, 0.3) is 0 Å². The molecule has 23 heavy (non-hydrogen) atoms. The monoisotopic (exact) mass is 334 g/mol. The summed E-state index contributed by atoms with van der Waals surface area (Å²) in [4.78, 5) is 8.23. The zero-order chi connectivity index (χ0) is 15.8. The van der Waals surface area contributed by atoms with Gasteiger partial charge in [-0.2, -0.15) is 4.52 Å². The average Bonchev–Trinajstić information content (AvgIpc) is 3.29. The third-order valence-electron chi connectivity index (χ3n) is 4.03. The molecular formula is C15H18N4O3S. The van der Waals surface area contributed by atoms with Crippen molar-refractivity contribution in [2.45, 2.75) is 19.4 Å². The molecule has 8 heteroatoms. The van der Waals surface area contributed by atoms with E-state index in [4.69, 9.17) is 9.15 Å². The molecule has 0 aromatic carbocycles. The van der Waals surface area contributed by atoms with Crippen LogP contribution in [0.5, 0.6) is 5.88 Å². The van der Waals surface area contributed by atoms with Crippen LogP contribution in [0.2, 0.25) is 0 Å². The lowest BCUT2D eigenvalue weighted by Crippen LogP contribution is -2.39. The number of ether oxygens (including phenoxy) is 1. The Hall–Kier alpha value is -1.90. The van der Waals surface area contributed by atoms with Crippen molar-refractivity contribution in [1.29, 1.82) is 0 Å². The molecule has 7 nitrogen and oxygen atoms in total. The van der Waals surface area contributed by atoms with Crippen molar-refractivity contribution in [2.75, 3.05) is 26.3 Å². The van der Waals surface area contributed by atoms with Crippen LogP contribution in [0.15, 0.2) is 22.8 Å². The van der Waals surface area contributed by atoms with E-state index >= 15 is 0 Å². The van der Waals surface area contributed by atoms with Gasteiger partial charge in [0.05, 0.1) is 24.4 Å². The van der Waals surface area contributed by atoms with Gasteiger partial charge in [-0.1, -0.05) is 18.3 Å². The predicted molar refractivity (Wildman–Crippen MR) is 84.8 cm³/mol. The van der Waals surface area contributed by atoms with Crippen LogP contribution in [-0.4, -0.2) is 50.9 Å². The standard InChI is InChI=1S/C15H18N4O3S/c1-2-11-16-15-19(17-11)14(20)13(23-15)12(10-4-3-7-22-10)18-5-8-21-9-6-18/h3-4,7,12,20H,2,5-6,8-9H2,1H3. The lowest BCUT2D eigenvalue weighted by Gasteiger charge is -2.32. The Kier molecular flexibility index (Phi) is 3.80. The van der Waals surface area contributed by atoms with Crippen LogP contribution in [0, 0.1) is 0 Å². The van der Waals surface area contributed by atoms with Crippen LogP contribution in [0.3, 0.4) is 0 Å². The molecule has 0 saturated carbocycles. The van der Waals surface area contributed by atoms with E-state index in [0.717, 1.165) is 36.0 Å². The van der Waals surface area contributed by atoms with Gasteiger partial charge in [0.1, 0.15) is 11.8 Å². The smallest absolute Gasteiger partial charge is 0.230 e. The van der Waals surface area contributed by atoms with Crippen molar-refractivity contribution in [3.63, 3.8) is 0 Å². The molecule has 0 bridgehead atoms. The van der Waals surface area contributed by atoms with Crippen LogP contribution >= 0.6 is 11.3 Å². The topological polar surface area (TPSA) is 76.0 Å². The molecule has 1 aliphatic heterocycles. The van der Waals surface area contributed by atoms with Gasteiger partial charge in [-0.25, -0.2) is 4.98 Å². The number of aromatic nitrogens is 3. The molecule has 0 radical (unpaired) electrons. The van der Waals surface area contributed by atoms with Crippen LogP contribution in [0.25, 0.3) is 4.96 Å². The van der Waals surface area contributed by atoms with Gasteiger partial charge in [0.2, 0.25) is 10.8 Å². The Bertz CT molecular complexity index is 789. The molecule has 1 unspecified atom stereocenters. The highest BCUT2D eigenvalue weighted by atomic mass is 32.1. The zero-order valence-corrected chi connectivity index (χ0v) is 13.6. The van der Waals surface area contributed by atoms with E-state index in [2.05, 4.69) is 15.0 Å². The van der Waals surface area contributed by atoms with Crippen molar-refractivity contribution in [1.82, 2.24) is 19.5 Å². The summed E-state index contributed by atoms with van der Waals surface area (Å²) in [6, 6.07) is 3.66. The SMILES string of the molecule is CCc1nc2sc(C(c3ccco3)N3CCOCC3)c(O)n2n1. The first-order chi connectivity index (χ1) is 11.3. The molecule has 122 valence electrons.